The lowest BCUT2D eigenvalue weighted by Gasteiger charge is -2.33. The Bertz CT molecular complexity index is 1020. The summed E-state index contributed by atoms with van der Waals surface area (Å²) in [6, 6.07) is 14.1. The lowest BCUT2D eigenvalue weighted by molar-refractivity contribution is -0.131. The highest BCUT2D eigenvalue weighted by Crippen LogP contribution is 2.12. The highest BCUT2D eigenvalue weighted by molar-refractivity contribution is 7.92. The minimum absolute atomic E-state index is 0.180. The van der Waals surface area contributed by atoms with Crippen molar-refractivity contribution in [1.82, 2.24) is 14.5 Å². The minimum atomic E-state index is -3.58. The van der Waals surface area contributed by atoms with Gasteiger partial charge in [-0.25, -0.2) is 12.8 Å². The molecule has 0 bridgehead atoms. The van der Waals surface area contributed by atoms with Crippen LogP contribution in [0.3, 0.4) is 0 Å². The van der Waals surface area contributed by atoms with Gasteiger partial charge in [-0.3, -0.25) is 9.59 Å². The van der Waals surface area contributed by atoms with Gasteiger partial charge < -0.3 is 10.2 Å². The maximum absolute atomic E-state index is 12.9. The summed E-state index contributed by atoms with van der Waals surface area (Å²) < 4.78 is 39.2. The normalized spacial score (nSPS) is 15.3. The lowest BCUT2D eigenvalue weighted by atomic mass is 10.2. The summed E-state index contributed by atoms with van der Waals surface area (Å²) in [7, 11) is -3.58. The molecule has 3 rings (SSSR count). The maximum Gasteiger partial charge on any atom is 0.251 e. The highest BCUT2D eigenvalue weighted by atomic mass is 32.2. The van der Waals surface area contributed by atoms with Crippen LogP contribution in [0, 0.1) is 5.82 Å². The zero-order valence-electron chi connectivity index (χ0n) is 16.2. The first kappa shape index (κ1) is 21.7. The first-order valence-corrected chi connectivity index (χ1v) is 10.9. The summed E-state index contributed by atoms with van der Waals surface area (Å²) in [5.41, 5.74) is 1.04. The topological polar surface area (TPSA) is 86.8 Å². The summed E-state index contributed by atoms with van der Waals surface area (Å²) >= 11 is 0. The molecule has 0 atom stereocenters. The summed E-state index contributed by atoms with van der Waals surface area (Å²) in [4.78, 5) is 25.9. The predicted molar refractivity (Wildman–Crippen MR) is 111 cm³/mol. The van der Waals surface area contributed by atoms with Gasteiger partial charge in [0, 0.05) is 37.2 Å². The van der Waals surface area contributed by atoms with Gasteiger partial charge in [-0.1, -0.05) is 30.3 Å². The molecule has 0 saturated carbocycles. The number of carbonyl (C=O) groups excluding carboxylic acids is 2. The Kier molecular flexibility index (Phi) is 6.96. The quantitative estimate of drug-likeness (QED) is 0.754. The zero-order chi connectivity index (χ0) is 21.6. The van der Waals surface area contributed by atoms with E-state index in [0.29, 0.717) is 0 Å². The number of halogens is 1. The van der Waals surface area contributed by atoms with E-state index in [9.17, 15) is 22.4 Å². The number of benzene rings is 2. The van der Waals surface area contributed by atoms with E-state index in [1.807, 2.05) is 30.3 Å². The molecule has 158 valence electrons. The molecule has 9 heteroatoms. The Hall–Kier alpha value is -3.04. The van der Waals surface area contributed by atoms with Crippen LogP contribution in [-0.4, -0.2) is 62.2 Å². The van der Waals surface area contributed by atoms with Gasteiger partial charge in [0.1, 0.15) is 5.82 Å². The molecular formula is C21H22FN3O4S. The summed E-state index contributed by atoms with van der Waals surface area (Å²) in [5.74, 6) is -1.23. The van der Waals surface area contributed by atoms with Gasteiger partial charge in [0.25, 0.3) is 5.91 Å². The van der Waals surface area contributed by atoms with Gasteiger partial charge in [-0.2, -0.15) is 4.31 Å². The van der Waals surface area contributed by atoms with E-state index in [1.165, 1.54) is 45.0 Å². The lowest BCUT2D eigenvalue weighted by Crippen LogP contribution is -2.52. The average Bonchev–Trinajstić information content (AvgIpc) is 2.77. The van der Waals surface area contributed by atoms with E-state index in [1.54, 1.807) is 0 Å². The second-order valence-corrected chi connectivity index (χ2v) is 8.55. The maximum atomic E-state index is 12.9. The van der Waals surface area contributed by atoms with Crippen LogP contribution in [0.25, 0.3) is 6.08 Å². The molecule has 1 N–H and O–H groups in total. The monoisotopic (exact) mass is 431 g/mol. The smallest absolute Gasteiger partial charge is 0.251 e. The fourth-order valence-electron chi connectivity index (χ4n) is 2.98. The van der Waals surface area contributed by atoms with E-state index < -0.39 is 21.7 Å². The molecule has 2 aromatic rings. The third-order valence-electron chi connectivity index (χ3n) is 4.69. The molecule has 1 fully saturated rings. The van der Waals surface area contributed by atoms with E-state index >= 15 is 0 Å². The van der Waals surface area contributed by atoms with E-state index in [0.717, 1.165) is 5.56 Å². The number of piperazine rings is 1. The number of hydrogen-bond donors (Lipinski definition) is 1. The van der Waals surface area contributed by atoms with Crippen molar-refractivity contribution in [3.63, 3.8) is 0 Å². The Morgan fingerprint density at radius 2 is 1.60 bits per heavy atom. The third kappa shape index (κ3) is 5.74. The van der Waals surface area contributed by atoms with Crippen LogP contribution in [0.15, 0.2) is 60.0 Å². The van der Waals surface area contributed by atoms with E-state index in [-0.39, 0.29) is 44.2 Å². The molecular weight excluding hydrogens is 409 g/mol. The first-order chi connectivity index (χ1) is 14.3. The van der Waals surface area contributed by atoms with Crippen LogP contribution in [0.2, 0.25) is 0 Å². The van der Waals surface area contributed by atoms with Gasteiger partial charge >= 0.3 is 0 Å². The van der Waals surface area contributed by atoms with Crippen molar-refractivity contribution in [1.29, 1.82) is 0 Å². The second-order valence-electron chi connectivity index (χ2n) is 6.73. The number of hydrogen-bond acceptors (Lipinski definition) is 4. The standard InChI is InChI=1S/C21H22FN3O4S/c22-19-8-6-18(7-9-19)21(27)23-16-20(26)24-11-13-25(14-12-24)30(28,29)15-10-17-4-2-1-3-5-17/h1-10,15H,11-14,16H2,(H,23,27)/b15-10+. The number of nitrogens with zero attached hydrogens (tertiary/aromatic N) is 2. The van der Waals surface area contributed by atoms with Crippen LogP contribution in [0.4, 0.5) is 4.39 Å². The molecule has 1 aliphatic heterocycles. The van der Waals surface area contributed by atoms with Gasteiger partial charge in [-0.15, -0.1) is 0 Å². The zero-order valence-corrected chi connectivity index (χ0v) is 17.0. The first-order valence-electron chi connectivity index (χ1n) is 9.40. The fraction of sp³-hybridized carbons (Fsp3) is 0.238. The highest BCUT2D eigenvalue weighted by Gasteiger charge is 2.27. The van der Waals surface area contributed by atoms with Crippen LogP contribution in [0.1, 0.15) is 15.9 Å². The molecule has 0 unspecified atom stereocenters. The number of sulfonamides is 1. The Morgan fingerprint density at radius 1 is 0.967 bits per heavy atom. The number of rotatable bonds is 6. The predicted octanol–water partition coefficient (Wildman–Crippen LogP) is 1.70. The summed E-state index contributed by atoms with van der Waals surface area (Å²) in [6.07, 6.45) is 1.54. The molecule has 0 spiro atoms. The van der Waals surface area contributed by atoms with Crippen LogP contribution >= 0.6 is 0 Å². The molecule has 30 heavy (non-hydrogen) atoms. The second kappa shape index (κ2) is 9.64. The Morgan fingerprint density at radius 3 is 2.23 bits per heavy atom. The molecule has 2 amide bonds. The summed E-state index contributed by atoms with van der Waals surface area (Å²) in [6.45, 7) is 0.627. The Balaban J connectivity index is 1.48. The van der Waals surface area contributed by atoms with Crippen molar-refractivity contribution < 1.29 is 22.4 Å². The van der Waals surface area contributed by atoms with Crippen molar-refractivity contribution in [2.45, 2.75) is 0 Å². The molecule has 2 aromatic carbocycles. The molecule has 0 aliphatic carbocycles. The molecule has 7 nitrogen and oxygen atoms in total. The van der Waals surface area contributed by atoms with Crippen molar-refractivity contribution in [2.24, 2.45) is 0 Å². The molecule has 1 saturated heterocycles. The van der Waals surface area contributed by atoms with Gasteiger partial charge in [0.2, 0.25) is 15.9 Å². The fourth-order valence-corrected chi connectivity index (χ4v) is 4.15. The van der Waals surface area contributed by atoms with Crippen molar-refractivity contribution in [3.8, 4) is 0 Å². The van der Waals surface area contributed by atoms with Crippen LogP contribution < -0.4 is 5.32 Å². The van der Waals surface area contributed by atoms with E-state index in [2.05, 4.69) is 5.32 Å². The van der Waals surface area contributed by atoms with Crippen molar-refractivity contribution in [2.75, 3.05) is 32.7 Å². The molecule has 1 heterocycles. The molecule has 0 aromatic heterocycles. The van der Waals surface area contributed by atoms with Gasteiger partial charge in [0.05, 0.1) is 6.54 Å². The minimum Gasteiger partial charge on any atom is -0.343 e. The largest absolute Gasteiger partial charge is 0.343 e. The van der Waals surface area contributed by atoms with Gasteiger partial charge in [0.15, 0.2) is 0 Å². The molecule has 0 radical (unpaired) electrons. The van der Waals surface area contributed by atoms with Gasteiger partial charge in [-0.05, 0) is 35.9 Å². The number of carbonyl (C=O) groups is 2. The average molecular weight is 431 g/mol. The van der Waals surface area contributed by atoms with E-state index in [4.69, 9.17) is 0 Å². The van der Waals surface area contributed by atoms with Crippen LogP contribution in [0.5, 0.6) is 0 Å². The Labute approximate surface area is 174 Å². The third-order valence-corrected chi connectivity index (χ3v) is 6.25. The van der Waals surface area contributed by atoms with Crippen LogP contribution in [-0.2, 0) is 14.8 Å². The van der Waals surface area contributed by atoms with Crippen molar-refractivity contribution in [3.05, 3.63) is 76.9 Å². The number of nitrogens with one attached hydrogen (secondary N) is 1. The van der Waals surface area contributed by atoms with Crippen molar-refractivity contribution >= 4 is 27.9 Å². The number of amides is 2. The molecule has 1 aliphatic rings. The SMILES string of the molecule is O=C(NCC(=O)N1CCN(S(=O)(=O)/C=C/c2ccccc2)CC1)c1ccc(F)cc1. The summed E-state index contributed by atoms with van der Waals surface area (Å²) in [5, 5.41) is 3.67.